The van der Waals surface area contributed by atoms with Crippen molar-refractivity contribution in [1.82, 2.24) is 9.13 Å². The van der Waals surface area contributed by atoms with Crippen LogP contribution in [-0.4, -0.2) is 20.1 Å². The summed E-state index contributed by atoms with van der Waals surface area (Å²) in [6.07, 6.45) is 1.66. The molecule has 0 amide bonds. The van der Waals surface area contributed by atoms with E-state index >= 15 is 0 Å². The van der Waals surface area contributed by atoms with Gasteiger partial charge in [-0.1, -0.05) is 18.2 Å². The quantitative estimate of drug-likeness (QED) is 0.584. The monoisotopic (exact) mass is 355 g/mol. The lowest BCUT2D eigenvalue weighted by Gasteiger charge is -2.27. The number of nitro benzene ring substituents is 1. The average molecular weight is 355 g/mol. The molecule has 9 heteroatoms. The summed E-state index contributed by atoms with van der Waals surface area (Å²) in [7, 11) is 2.81. The maximum atomic E-state index is 12.4. The standard InChI is InChI=1S/C17H17N5O4/c1-19-15(13(9-18)16(23)20(2)17(19)24)21(12-7-8-12)10-11-5-3-4-6-14(11)22(25)26/h3-6,12H,7-8,10H2,1-2H3. The van der Waals surface area contributed by atoms with Crippen molar-refractivity contribution in [2.24, 2.45) is 14.1 Å². The number of hydrogen-bond donors (Lipinski definition) is 0. The molecule has 0 radical (unpaired) electrons. The topological polar surface area (TPSA) is 114 Å². The van der Waals surface area contributed by atoms with E-state index < -0.39 is 16.2 Å². The molecule has 1 aromatic carbocycles. The third kappa shape index (κ3) is 2.86. The first kappa shape index (κ1) is 17.4. The van der Waals surface area contributed by atoms with Gasteiger partial charge in [0, 0.05) is 31.8 Å². The molecule has 134 valence electrons. The maximum Gasteiger partial charge on any atom is 0.332 e. The second-order valence-corrected chi connectivity index (χ2v) is 6.26. The molecule has 1 saturated carbocycles. The summed E-state index contributed by atoms with van der Waals surface area (Å²) in [6.45, 7) is 0.136. The van der Waals surface area contributed by atoms with E-state index in [2.05, 4.69) is 0 Å². The molecule has 1 heterocycles. The lowest BCUT2D eigenvalue weighted by molar-refractivity contribution is -0.385. The molecular weight excluding hydrogens is 338 g/mol. The predicted molar refractivity (Wildman–Crippen MR) is 93.9 cm³/mol. The lowest BCUT2D eigenvalue weighted by Crippen LogP contribution is -2.43. The molecule has 26 heavy (non-hydrogen) atoms. The Hall–Kier alpha value is -3.41. The van der Waals surface area contributed by atoms with Gasteiger partial charge in [-0.3, -0.25) is 24.0 Å². The minimum Gasteiger partial charge on any atom is -0.349 e. The summed E-state index contributed by atoms with van der Waals surface area (Å²) in [5.41, 5.74) is -0.928. The highest BCUT2D eigenvalue weighted by Crippen LogP contribution is 2.34. The van der Waals surface area contributed by atoms with Crippen molar-refractivity contribution in [3.8, 4) is 6.07 Å². The van der Waals surface area contributed by atoms with Crippen molar-refractivity contribution in [2.45, 2.75) is 25.4 Å². The number of rotatable bonds is 5. The first-order valence-electron chi connectivity index (χ1n) is 8.05. The van der Waals surface area contributed by atoms with Crippen molar-refractivity contribution in [3.05, 3.63) is 66.3 Å². The zero-order valence-corrected chi connectivity index (χ0v) is 14.4. The van der Waals surface area contributed by atoms with Crippen LogP contribution in [0.1, 0.15) is 24.0 Å². The number of benzene rings is 1. The summed E-state index contributed by atoms with van der Waals surface area (Å²) in [6, 6.07) is 8.24. The van der Waals surface area contributed by atoms with Gasteiger partial charge in [0.15, 0.2) is 5.56 Å². The zero-order valence-electron chi connectivity index (χ0n) is 14.4. The molecule has 0 atom stereocenters. The molecule has 0 aliphatic heterocycles. The Morgan fingerprint density at radius 3 is 2.50 bits per heavy atom. The fourth-order valence-electron chi connectivity index (χ4n) is 3.04. The van der Waals surface area contributed by atoms with Crippen molar-refractivity contribution in [1.29, 1.82) is 5.26 Å². The van der Waals surface area contributed by atoms with E-state index in [1.54, 1.807) is 23.1 Å². The van der Waals surface area contributed by atoms with Crippen LogP contribution in [0, 0.1) is 21.4 Å². The van der Waals surface area contributed by atoms with E-state index in [-0.39, 0.29) is 29.7 Å². The highest BCUT2D eigenvalue weighted by atomic mass is 16.6. The van der Waals surface area contributed by atoms with Gasteiger partial charge in [0.2, 0.25) is 0 Å². The molecular formula is C17H17N5O4. The van der Waals surface area contributed by atoms with Crippen LogP contribution >= 0.6 is 0 Å². The van der Waals surface area contributed by atoms with Gasteiger partial charge in [-0.05, 0) is 12.8 Å². The van der Waals surface area contributed by atoms with Crippen molar-refractivity contribution in [3.63, 3.8) is 0 Å². The van der Waals surface area contributed by atoms with E-state index in [1.165, 1.54) is 24.7 Å². The van der Waals surface area contributed by atoms with Crippen molar-refractivity contribution < 1.29 is 4.92 Å². The SMILES string of the molecule is Cn1c(N(Cc2ccccc2[N+](=O)[O-])C2CC2)c(C#N)c(=O)n(C)c1=O. The van der Waals surface area contributed by atoms with E-state index in [0.717, 1.165) is 17.4 Å². The van der Waals surface area contributed by atoms with E-state index in [1.807, 2.05) is 6.07 Å². The number of aromatic nitrogens is 2. The van der Waals surface area contributed by atoms with Gasteiger partial charge < -0.3 is 4.90 Å². The van der Waals surface area contributed by atoms with Crippen LogP contribution in [0.15, 0.2) is 33.9 Å². The van der Waals surface area contributed by atoms with Crippen molar-refractivity contribution >= 4 is 11.5 Å². The van der Waals surface area contributed by atoms with Crippen LogP contribution in [0.4, 0.5) is 11.5 Å². The van der Waals surface area contributed by atoms with Gasteiger partial charge in [-0.15, -0.1) is 0 Å². The van der Waals surface area contributed by atoms with Crippen LogP contribution < -0.4 is 16.1 Å². The zero-order chi connectivity index (χ0) is 19.0. The molecule has 0 unspecified atom stereocenters. The molecule has 1 aliphatic carbocycles. The Balaban J connectivity index is 2.18. The Morgan fingerprint density at radius 1 is 1.27 bits per heavy atom. The van der Waals surface area contributed by atoms with Gasteiger partial charge in [0.1, 0.15) is 11.9 Å². The first-order chi connectivity index (χ1) is 12.4. The fraction of sp³-hybridized carbons (Fsp3) is 0.353. The molecule has 1 fully saturated rings. The predicted octanol–water partition coefficient (Wildman–Crippen LogP) is 1.03. The molecule has 3 rings (SSSR count). The van der Waals surface area contributed by atoms with Crippen molar-refractivity contribution in [2.75, 3.05) is 4.90 Å². The van der Waals surface area contributed by atoms with Crippen LogP contribution in [0.3, 0.4) is 0 Å². The third-order valence-corrected chi connectivity index (χ3v) is 4.53. The molecule has 9 nitrogen and oxygen atoms in total. The van der Waals surface area contributed by atoms with Gasteiger partial charge in [0.25, 0.3) is 11.2 Å². The van der Waals surface area contributed by atoms with Gasteiger partial charge in [0.05, 0.1) is 11.5 Å². The Labute approximate surface area is 148 Å². The number of hydrogen-bond acceptors (Lipinski definition) is 6. The normalized spacial score (nSPS) is 13.3. The number of para-hydroxylation sites is 1. The highest BCUT2D eigenvalue weighted by Gasteiger charge is 2.34. The summed E-state index contributed by atoms with van der Waals surface area (Å²) in [5.74, 6) is 0.209. The summed E-state index contributed by atoms with van der Waals surface area (Å²) in [4.78, 5) is 37.3. The summed E-state index contributed by atoms with van der Waals surface area (Å²) < 4.78 is 2.14. The first-order valence-corrected chi connectivity index (χ1v) is 8.05. The number of nitriles is 1. The van der Waals surface area contributed by atoms with Gasteiger partial charge in [-0.2, -0.15) is 5.26 Å². The summed E-state index contributed by atoms with van der Waals surface area (Å²) >= 11 is 0. The molecule has 1 aromatic heterocycles. The van der Waals surface area contributed by atoms with Crippen LogP contribution in [0.2, 0.25) is 0 Å². The van der Waals surface area contributed by atoms with E-state index in [4.69, 9.17) is 0 Å². The minimum atomic E-state index is -0.668. The molecule has 0 saturated heterocycles. The Morgan fingerprint density at radius 2 is 1.92 bits per heavy atom. The van der Waals surface area contributed by atoms with Crippen LogP contribution in [0.25, 0.3) is 0 Å². The second-order valence-electron chi connectivity index (χ2n) is 6.26. The van der Waals surface area contributed by atoms with E-state index in [0.29, 0.717) is 5.56 Å². The smallest absolute Gasteiger partial charge is 0.332 e. The molecule has 2 aromatic rings. The molecule has 0 bridgehead atoms. The van der Waals surface area contributed by atoms with Crippen LogP contribution in [0.5, 0.6) is 0 Å². The Bertz CT molecular complexity index is 1040. The average Bonchev–Trinajstić information content (AvgIpc) is 3.46. The van der Waals surface area contributed by atoms with E-state index in [9.17, 15) is 25.0 Å². The van der Waals surface area contributed by atoms with Crippen LogP contribution in [-0.2, 0) is 20.6 Å². The van der Waals surface area contributed by atoms with Gasteiger partial charge >= 0.3 is 5.69 Å². The lowest BCUT2D eigenvalue weighted by atomic mass is 10.1. The Kier molecular flexibility index (Phi) is 4.34. The highest BCUT2D eigenvalue weighted by molar-refractivity contribution is 5.56. The summed E-state index contributed by atoms with van der Waals surface area (Å²) in [5, 5.41) is 20.8. The molecule has 1 aliphatic rings. The third-order valence-electron chi connectivity index (χ3n) is 4.53. The largest absolute Gasteiger partial charge is 0.349 e. The maximum absolute atomic E-state index is 12.4. The van der Waals surface area contributed by atoms with Gasteiger partial charge in [-0.25, -0.2) is 4.79 Å². The number of nitrogens with zero attached hydrogens (tertiary/aromatic N) is 5. The number of anilines is 1. The minimum absolute atomic E-state index is 0.0274. The molecule has 0 N–H and O–H groups in total. The molecule has 0 spiro atoms. The second kappa shape index (κ2) is 6.48. The number of nitro groups is 1. The fourth-order valence-corrected chi connectivity index (χ4v) is 3.04.